The number of likely N-dealkylation sites (tertiary alicyclic amines) is 1. The van der Waals surface area contributed by atoms with E-state index < -0.39 is 23.7 Å². The molecule has 1 N–H and O–H groups in total. The van der Waals surface area contributed by atoms with Crippen molar-refractivity contribution < 1.29 is 27.5 Å². The van der Waals surface area contributed by atoms with E-state index in [9.17, 15) is 22.8 Å². The Bertz CT molecular complexity index is 1100. The van der Waals surface area contributed by atoms with E-state index >= 15 is 0 Å². The van der Waals surface area contributed by atoms with E-state index in [0.717, 1.165) is 30.5 Å². The van der Waals surface area contributed by atoms with Crippen LogP contribution in [0.1, 0.15) is 55.3 Å². The summed E-state index contributed by atoms with van der Waals surface area (Å²) in [7, 11) is 1.55. The molecule has 1 saturated heterocycles. The molecule has 35 heavy (non-hydrogen) atoms. The average Bonchev–Trinajstić information content (AvgIpc) is 2.85. The minimum atomic E-state index is -4.44. The number of unbranched alkanes of at least 4 members (excludes halogenated alkanes) is 1. The van der Waals surface area contributed by atoms with E-state index in [1.165, 1.54) is 12.1 Å². The van der Waals surface area contributed by atoms with E-state index in [1.54, 1.807) is 12.0 Å². The van der Waals surface area contributed by atoms with E-state index in [1.807, 2.05) is 31.2 Å². The van der Waals surface area contributed by atoms with Gasteiger partial charge in [0.15, 0.2) is 0 Å². The Morgan fingerprint density at radius 1 is 1.20 bits per heavy atom. The SMILES string of the molecule is CCCCN1C(=O)CC[C@@H](C(=O)NCC#Cc2cccc(C(F)(F)F)c2)[C@@H]1c1ccccc1OC. The van der Waals surface area contributed by atoms with Gasteiger partial charge in [-0.1, -0.05) is 49.5 Å². The minimum Gasteiger partial charge on any atom is -0.496 e. The molecule has 8 heteroatoms. The number of carbonyl (C=O) groups excluding carboxylic acids is 2. The van der Waals surface area contributed by atoms with Crippen LogP contribution in [0.5, 0.6) is 5.75 Å². The summed E-state index contributed by atoms with van der Waals surface area (Å²) in [6, 6.07) is 11.6. The highest BCUT2D eigenvalue weighted by Gasteiger charge is 2.41. The average molecular weight is 487 g/mol. The summed E-state index contributed by atoms with van der Waals surface area (Å²) in [4.78, 5) is 27.8. The van der Waals surface area contributed by atoms with Gasteiger partial charge in [-0.3, -0.25) is 9.59 Å². The standard InChI is InChI=1S/C27H29F3N2O3/c1-3-4-17-32-24(33)15-14-22(25(32)21-12-5-6-13-23(21)35-2)26(34)31-16-8-10-19-9-7-11-20(18-19)27(28,29)30/h5-7,9,11-13,18,22,25H,3-4,14-17H2,1-2H3,(H,31,34)/t22-,25+/m1/s1. The first kappa shape index (κ1) is 26.1. The molecule has 1 aliphatic rings. The van der Waals surface area contributed by atoms with Crippen LogP contribution in [0.4, 0.5) is 13.2 Å². The maximum absolute atomic E-state index is 13.2. The van der Waals surface area contributed by atoms with Crippen molar-refractivity contribution in [3.63, 3.8) is 0 Å². The number of nitrogens with one attached hydrogen (secondary N) is 1. The lowest BCUT2D eigenvalue weighted by atomic mass is 9.83. The van der Waals surface area contributed by atoms with Crippen LogP contribution in [-0.4, -0.2) is 36.9 Å². The lowest BCUT2D eigenvalue weighted by Gasteiger charge is -2.41. The number of methoxy groups -OCH3 is 1. The van der Waals surface area contributed by atoms with Gasteiger partial charge in [-0.05, 0) is 37.1 Å². The summed E-state index contributed by atoms with van der Waals surface area (Å²) in [5.41, 5.74) is 0.219. The van der Waals surface area contributed by atoms with Gasteiger partial charge in [-0.25, -0.2) is 0 Å². The molecule has 0 aliphatic carbocycles. The van der Waals surface area contributed by atoms with Crippen LogP contribution in [0, 0.1) is 17.8 Å². The second-order valence-corrected chi connectivity index (χ2v) is 8.37. The molecule has 2 aromatic carbocycles. The molecule has 0 bridgehead atoms. The Balaban J connectivity index is 1.78. The Morgan fingerprint density at radius 2 is 1.97 bits per heavy atom. The summed E-state index contributed by atoms with van der Waals surface area (Å²) in [6.07, 6.45) is -2.07. The zero-order chi connectivity index (χ0) is 25.4. The third kappa shape index (κ3) is 6.56. The van der Waals surface area contributed by atoms with Crippen molar-refractivity contribution in [2.45, 2.75) is 44.8 Å². The van der Waals surface area contributed by atoms with Gasteiger partial charge < -0.3 is 15.0 Å². The summed E-state index contributed by atoms with van der Waals surface area (Å²) in [6.45, 7) is 2.56. The number of hydrogen-bond acceptors (Lipinski definition) is 3. The molecule has 2 atom stereocenters. The fourth-order valence-corrected chi connectivity index (χ4v) is 4.30. The van der Waals surface area contributed by atoms with Crippen molar-refractivity contribution in [1.29, 1.82) is 0 Å². The fourth-order valence-electron chi connectivity index (χ4n) is 4.30. The maximum Gasteiger partial charge on any atom is 0.416 e. The molecular formula is C27H29F3N2O3. The van der Waals surface area contributed by atoms with E-state index in [4.69, 9.17) is 4.74 Å². The number of carbonyl (C=O) groups is 2. The first-order valence-electron chi connectivity index (χ1n) is 11.6. The van der Waals surface area contributed by atoms with Crippen LogP contribution in [-0.2, 0) is 15.8 Å². The molecule has 5 nitrogen and oxygen atoms in total. The van der Waals surface area contributed by atoms with Crippen molar-refractivity contribution in [2.24, 2.45) is 5.92 Å². The summed E-state index contributed by atoms with van der Waals surface area (Å²) < 4.78 is 44.2. The highest BCUT2D eigenvalue weighted by atomic mass is 19.4. The van der Waals surface area contributed by atoms with Crippen molar-refractivity contribution in [2.75, 3.05) is 20.2 Å². The largest absolute Gasteiger partial charge is 0.496 e. The molecule has 186 valence electrons. The van der Waals surface area contributed by atoms with Crippen LogP contribution in [0.3, 0.4) is 0 Å². The first-order valence-corrected chi connectivity index (χ1v) is 11.6. The van der Waals surface area contributed by atoms with Gasteiger partial charge >= 0.3 is 6.18 Å². The molecule has 2 amide bonds. The minimum absolute atomic E-state index is 0.00254. The zero-order valence-corrected chi connectivity index (χ0v) is 19.8. The highest BCUT2D eigenvalue weighted by Crippen LogP contribution is 2.40. The van der Waals surface area contributed by atoms with E-state index in [0.29, 0.717) is 18.7 Å². The van der Waals surface area contributed by atoms with Gasteiger partial charge in [0.1, 0.15) is 5.75 Å². The number of nitrogens with zero attached hydrogens (tertiary/aromatic N) is 1. The van der Waals surface area contributed by atoms with Crippen molar-refractivity contribution in [3.8, 4) is 17.6 Å². The smallest absolute Gasteiger partial charge is 0.416 e. The van der Waals surface area contributed by atoms with Gasteiger partial charge in [0.25, 0.3) is 0 Å². The number of halogens is 3. The van der Waals surface area contributed by atoms with Gasteiger partial charge in [-0.15, -0.1) is 0 Å². The van der Waals surface area contributed by atoms with Crippen LogP contribution in [0.25, 0.3) is 0 Å². The monoisotopic (exact) mass is 486 g/mol. The third-order valence-electron chi connectivity index (χ3n) is 6.03. The lowest BCUT2D eigenvalue weighted by Crippen LogP contribution is -2.48. The summed E-state index contributed by atoms with van der Waals surface area (Å²) in [5.74, 6) is 5.25. The van der Waals surface area contributed by atoms with Crippen molar-refractivity contribution in [3.05, 3.63) is 65.2 Å². The predicted molar refractivity (Wildman–Crippen MR) is 126 cm³/mol. The van der Waals surface area contributed by atoms with Gasteiger partial charge in [0, 0.05) is 24.1 Å². The molecule has 0 radical (unpaired) electrons. The molecule has 0 unspecified atom stereocenters. The third-order valence-corrected chi connectivity index (χ3v) is 6.03. The van der Waals surface area contributed by atoms with Crippen LogP contribution < -0.4 is 10.1 Å². The molecule has 0 aromatic heterocycles. The zero-order valence-electron chi connectivity index (χ0n) is 19.8. The van der Waals surface area contributed by atoms with Crippen LogP contribution >= 0.6 is 0 Å². The van der Waals surface area contributed by atoms with Crippen molar-refractivity contribution in [1.82, 2.24) is 10.2 Å². The second-order valence-electron chi connectivity index (χ2n) is 8.37. The highest BCUT2D eigenvalue weighted by molar-refractivity contribution is 5.85. The number of para-hydroxylation sites is 1. The number of piperidine rings is 1. The molecule has 1 fully saturated rings. The summed E-state index contributed by atoms with van der Waals surface area (Å²) >= 11 is 0. The number of ether oxygens (including phenoxy) is 1. The number of alkyl halides is 3. The Morgan fingerprint density at radius 3 is 2.69 bits per heavy atom. The number of amides is 2. The predicted octanol–water partition coefficient (Wildman–Crippen LogP) is 4.96. The first-order chi connectivity index (χ1) is 16.8. The molecule has 3 rings (SSSR count). The van der Waals surface area contributed by atoms with Gasteiger partial charge in [-0.2, -0.15) is 13.2 Å². The fraction of sp³-hybridized carbons (Fsp3) is 0.407. The van der Waals surface area contributed by atoms with Gasteiger partial charge in [0.05, 0.1) is 31.2 Å². The lowest BCUT2D eigenvalue weighted by molar-refractivity contribution is -0.143. The molecule has 1 heterocycles. The van der Waals surface area contributed by atoms with E-state index in [-0.39, 0.29) is 30.3 Å². The number of benzene rings is 2. The topological polar surface area (TPSA) is 58.6 Å². The van der Waals surface area contributed by atoms with E-state index in [2.05, 4.69) is 17.2 Å². The normalized spacial score (nSPS) is 18.0. The van der Waals surface area contributed by atoms with Crippen LogP contribution in [0.15, 0.2) is 48.5 Å². The Kier molecular flexibility index (Phi) is 8.80. The maximum atomic E-state index is 13.2. The van der Waals surface area contributed by atoms with Gasteiger partial charge in [0.2, 0.25) is 11.8 Å². The quantitative estimate of drug-likeness (QED) is 0.563. The second kappa shape index (κ2) is 11.8. The molecular weight excluding hydrogens is 457 g/mol. The molecule has 2 aromatic rings. The number of rotatable bonds is 7. The number of hydrogen-bond donors (Lipinski definition) is 1. The molecule has 1 aliphatic heterocycles. The summed E-state index contributed by atoms with van der Waals surface area (Å²) in [5, 5.41) is 2.78. The molecule has 0 spiro atoms. The molecule has 0 saturated carbocycles. The van der Waals surface area contributed by atoms with Crippen LogP contribution in [0.2, 0.25) is 0 Å². The Labute approximate surface area is 203 Å². The van der Waals surface area contributed by atoms with Crippen molar-refractivity contribution >= 4 is 11.8 Å². The Hall–Kier alpha value is -3.47.